The van der Waals surface area contributed by atoms with Crippen molar-refractivity contribution in [2.24, 2.45) is 4.99 Å². The molecule has 0 saturated carbocycles. The number of benzene rings is 1. The zero-order valence-electron chi connectivity index (χ0n) is 18.1. The zero-order chi connectivity index (χ0) is 20.7. The van der Waals surface area contributed by atoms with Crippen molar-refractivity contribution in [2.45, 2.75) is 44.6 Å². The van der Waals surface area contributed by atoms with E-state index in [1.165, 1.54) is 5.56 Å². The van der Waals surface area contributed by atoms with Gasteiger partial charge in [-0.2, -0.15) is 0 Å². The highest BCUT2D eigenvalue weighted by atomic mass is 127. The smallest absolute Gasteiger partial charge is 0.191 e. The van der Waals surface area contributed by atoms with Gasteiger partial charge in [-0.15, -0.1) is 24.0 Å². The second-order valence-corrected chi connectivity index (χ2v) is 7.99. The van der Waals surface area contributed by atoms with Crippen LogP contribution >= 0.6 is 24.0 Å². The average molecular weight is 527 g/mol. The quantitative estimate of drug-likeness (QED) is 0.291. The molecule has 0 spiro atoms. The lowest BCUT2D eigenvalue weighted by Crippen LogP contribution is -2.48. The third-order valence-corrected chi connectivity index (χ3v) is 5.59. The van der Waals surface area contributed by atoms with Crippen LogP contribution in [-0.4, -0.2) is 43.9 Å². The molecule has 30 heavy (non-hydrogen) atoms. The van der Waals surface area contributed by atoms with Crippen molar-refractivity contribution in [3.8, 4) is 0 Å². The van der Waals surface area contributed by atoms with Gasteiger partial charge in [0.25, 0.3) is 0 Å². The maximum Gasteiger partial charge on any atom is 0.191 e. The average Bonchev–Trinajstić information content (AvgIpc) is 3.19. The summed E-state index contributed by atoms with van der Waals surface area (Å²) >= 11 is 0. The van der Waals surface area contributed by atoms with Gasteiger partial charge in [0, 0.05) is 31.7 Å². The number of aliphatic hydroxyl groups is 1. The lowest BCUT2D eigenvalue weighted by atomic mass is 9.74. The standard InChI is InChI=1S/C23H33N3O3.HI/c1-4-24-21(25-16-22(3,27)20-11-10-18(2)29-20)26-17-23(12-14-28-15-13-23)19-8-6-5-7-9-19;/h5-11,27H,4,12-17H2,1-3H3,(H2,24,25,26);1H. The van der Waals surface area contributed by atoms with Crippen molar-refractivity contribution < 1.29 is 14.3 Å². The van der Waals surface area contributed by atoms with Crippen LogP contribution in [0.4, 0.5) is 0 Å². The Bertz CT molecular complexity index is 799. The van der Waals surface area contributed by atoms with E-state index in [1.54, 1.807) is 13.0 Å². The molecule has 0 radical (unpaired) electrons. The Morgan fingerprint density at radius 1 is 1.13 bits per heavy atom. The summed E-state index contributed by atoms with van der Waals surface area (Å²) in [6.45, 7) is 8.86. The van der Waals surface area contributed by atoms with Crippen molar-refractivity contribution in [3.05, 3.63) is 59.5 Å². The number of ether oxygens (including phenoxy) is 1. The first-order valence-electron chi connectivity index (χ1n) is 10.4. The molecule has 0 amide bonds. The first-order chi connectivity index (χ1) is 14.0. The second kappa shape index (κ2) is 11.2. The minimum atomic E-state index is -1.16. The zero-order valence-corrected chi connectivity index (χ0v) is 20.4. The molecular weight excluding hydrogens is 493 g/mol. The Morgan fingerprint density at radius 3 is 2.43 bits per heavy atom. The van der Waals surface area contributed by atoms with Crippen molar-refractivity contribution in [1.29, 1.82) is 0 Å². The van der Waals surface area contributed by atoms with Gasteiger partial charge in [0.2, 0.25) is 0 Å². The Labute approximate surface area is 196 Å². The van der Waals surface area contributed by atoms with Gasteiger partial charge in [-0.3, -0.25) is 0 Å². The number of nitrogens with zero attached hydrogens (tertiary/aromatic N) is 1. The van der Waals surface area contributed by atoms with Gasteiger partial charge >= 0.3 is 0 Å². The van der Waals surface area contributed by atoms with Crippen LogP contribution in [0.2, 0.25) is 0 Å². The molecular formula is C23H34IN3O3. The number of guanidine groups is 1. The Balaban J connectivity index is 0.00000320. The summed E-state index contributed by atoms with van der Waals surface area (Å²) in [4.78, 5) is 4.63. The first-order valence-corrected chi connectivity index (χ1v) is 10.4. The predicted octanol–water partition coefficient (Wildman–Crippen LogP) is 3.72. The fourth-order valence-electron chi connectivity index (χ4n) is 3.75. The summed E-state index contributed by atoms with van der Waals surface area (Å²) in [5, 5.41) is 17.6. The second-order valence-electron chi connectivity index (χ2n) is 7.99. The van der Waals surface area contributed by atoms with Crippen molar-refractivity contribution in [1.82, 2.24) is 10.6 Å². The SMILES string of the molecule is CCNC(=NCC(C)(O)c1ccc(C)o1)NCC1(c2ccccc2)CCOCC1.I. The third kappa shape index (κ3) is 6.21. The number of rotatable bonds is 7. The molecule has 0 bridgehead atoms. The van der Waals surface area contributed by atoms with Crippen LogP contribution < -0.4 is 10.6 Å². The Hall–Kier alpha value is -1.58. The number of halogens is 1. The summed E-state index contributed by atoms with van der Waals surface area (Å²) in [6, 6.07) is 14.3. The van der Waals surface area contributed by atoms with E-state index in [0.717, 1.165) is 44.9 Å². The van der Waals surface area contributed by atoms with Gasteiger partial charge in [0.1, 0.15) is 17.1 Å². The van der Waals surface area contributed by atoms with Gasteiger partial charge in [-0.05, 0) is 51.3 Å². The molecule has 1 aliphatic rings. The number of aryl methyl sites for hydroxylation is 1. The number of aliphatic imine (C=N–C) groups is 1. The van der Waals surface area contributed by atoms with Gasteiger partial charge < -0.3 is 24.9 Å². The van der Waals surface area contributed by atoms with E-state index in [0.29, 0.717) is 11.7 Å². The van der Waals surface area contributed by atoms with E-state index < -0.39 is 5.60 Å². The van der Waals surface area contributed by atoms with E-state index in [4.69, 9.17) is 9.15 Å². The summed E-state index contributed by atoms with van der Waals surface area (Å²) < 4.78 is 11.2. The number of hydrogen-bond acceptors (Lipinski definition) is 4. The van der Waals surface area contributed by atoms with Crippen molar-refractivity contribution in [2.75, 3.05) is 32.8 Å². The Kier molecular flexibility index (Phi) is 9.18. The molecule has 2 aromatic rings. The van der Waals surface area contributed by atoms with E-state index in [1.807, 2.05) is 26.0 Å². The lowest BCUT2D eigenvalue weighted by Gasteiger charge is -2.38. The molecule has 2 heterocycles. The van der Waals surface area contributed by atoms with Crippen LogP contribution in [0.1, 0.15) is 43.8 Å². The van der Waals surface area contributed by atoms with Crippen LogP contribution in [0.25, 0.3) is 0 Å². The molecule has 7 heteroatoms. The van der Waals surface area contributed by atoms with Crippen LogP contribution in [0.3, 0.4) is 0 Å². The monoisotopic (exact) mass is 527 g/mol. The van der Waals surface area contributed by atoms with Crippen LogP contribution in [0, 0.1) is 6.92 Å². The van der Waals surface area contributed by atoms with Crippen LogP contribution in [0.5, 0.6) is 0 Å². The number of furan rings is 1. The molecule has 1 atom stereocenters. The third-order valence-electron chi connectivity index (χ3n) is 5.59. The lowest BCUT2D eigenvalue weighted by molar-refractivity contribution is 0.0427. The van der Waals surface area contributed by atoms with E-state index >= 15 is 0 Å². The maximum absolute atomic E-state index is 10.8. The topological polar surface area (TPSA) is 79.0 Å². The van der Waals surface area contributed by atoms with Crippen molar-refractivity contribution >= 4 is 29.9 Å². The minimum Gasteiger partial charge on any atom is -0.463 e. The number of nitrogens with one attached hydrogen (secondary N) is 2. The van der Waals surface area contributed by atoms with Crippen LogP contribution in [0.15, 0.2) is 51.9 Å². The molecule has 3 N–H and O–H groups in total. The largest absolute Gasteiger partial charge is 0.463 e. The molecule has 6 nitrogen and oxygen atoms in total. The van der Waals surface area contributed by atoms with Crippen LogP contribution in [-0.2, 0) is 15.8 Å². The number of hydrogen-bond donors (Lipinski definition) is 3. The predicted molar refractivity (Wildman–Crippen MR) is 131 cm³/mol. The molecule has 0 aliphatic carbocycles. The van der Waals surface area contributed by atoms with Gasteiger partial charge in [0.05, 0.1) is 6.54 Å². The van der Waals surface area contributed by atoms with E-state index in [-0.39, 0.29) is 35.9 Å². The van der Waals surface area contributed by atoms with E-state index in [9.17, 15) is 5.11 Å². The van der Waals surface area contributed by atoms with Gasteiger partial charge in [0.15, 0.2) is 5.96 Å². The van der Waals surface area contributed by atoms with Gasteiger partial charge in [-0.1, -0.05) is 30.3 Å². The molecule has 1 aliphatic heterocycles. The normalized spacial score (nSPS) is 18.2. The maximum atomic E-state index is 10.8. The van der Waals surface area contributed by atoms with Crippen molar-refractivity contribution in [3.63, 3.8) is 0 Å². The van der Waals surface area contributed by atoms with E-state index in [2.05, 4.69) is 39.9 Å². The van der Waals surface area contributed by atoms with Gasteiger partial charge in [-0.25, -0.2) is 4.99 Å². The highest BCUT2D eigenvalue weighted by Gasteiger charge is 2.34. The summed E-state index contributed by atoms with van der Waals surface area (Å²) in [5.41, 5.74) is 0.174. The highest BCUT2D eigenvalue weighted by molar-refractivity contribution is 14.0. The minimum absolute atomic E-state index is 0. The fourth-order valence-corrected chi connectivity index (χ4v) is 3.75. The summed E-state index contributed by atoms with van der Waals surface area (Å²) in [6.07, 6.45) is 1.93. The summed E-state index contributed by atoms with van der Waals surface area (Å²) in [7, 11) is 0. The molecule has 1 fully saturated rings. The molecule has 3 rings (SSSR count). The molecule has 166 valence electrons. The Morgan fingerprint density at radius 2 is 1.83 bits per heavy atom. The molecule has 1 unspecified atom stereocenters. The first kappa shape index (κ1) is 24.7. The highest BCUT2D eigenvalue weighted by Crippen LogP contribution is 2.34. The molecule has 1 aromatic carbocycles. The summed E-state index contributed by atoms with van der Waals surface area (Å²) in [5.74, 6) is 2.00. The fraction of sp³-hybridized carbons (Fsp3) is 0.522. The molecule has 1 aromatic heterocycles. The molecule has 1 saturated heterocycles.